The molecule has 0 bridgehead atoms. The minimum atomic E-state index is -3.84. The first kappa shape index (κ1) is 19.9. The molecule has 0 aliphatic heterocycles. The van der Waals surface area contributed by atoms with Gasteiger partial charge in [0.25, 0.3) is 10.0 Å². The molecule has 0 aliphatic rings. The third-order valence-electron chi connectivity index (χ3n) is 4.31. The molecule has 0 aliphatic carbocycles. The van der Waals surface area contributed by atoms with E-state index in [1.807, 2.05) is 32.0 Å². The summed E-state index contributed by atoms with van der Waals surface area (Å²) in [6.07, 6.45) is 0.977. The van der Waals surface area contributed by atoms with Crippen molar-refractivity contribution < 1.29 is 13.2 Å². The first-order chi connectivity index (χ1) is 12.2. The van der Waals surface area contributed by atoms with Crippen molar-refractivity contribution in [2.45, 2.75) is 44.9 Å². The highest BCUT2D eigenvalue weighted by Gasteiger charge is 2.16. The molecular formula is C19H25N3O3S. The predicted molar refractivity (Wildman–Crippen MR) is 104 cm³/mol. The van der Waals surface area contributed by atoms with Crippen LogP contribution in [0.15, 0.2) is 47.4 Å². The second kappa shape index (κ2) is 8.33. The molecule has 0 aromatic heterocycles. The topological polar surface area (TPSA) is 87.3 Å². The van der Waals surface area contributed by atoms with E-state index >= 15 is 0 Å². The van der Waals surface area contributed by atoms with Crippen molar-refractivity contribution in [3.05, 3.63) is 59.2 Å². The van der Waals surface area contributed by atoms with Crippen LogP contribution in [-0.2, 0) is 10.0 Å². The largest absolute Gasteiger partial charge is 0.334 e. The molecule has 7 heteroatoms. The Morgan fingerprint density at radius 1 is 1.08 bits per heavy atom. The number of nitrogens with one attached hydrogen (secondary N) is 3. The van der Waals surface area contributed by atoms with Crippen LogP contribution < -0.4 is 15.6 Å². The quantitative estimate of drug-likeness (QED) is 0.671. The van der Waals surface area contributed by atoms with Crippen LogP contribution in [0.1, 0.15) is 42.9 Å². The Balaban J connectivity index is 2.01. The van der Waals surface area contributed by atoms with Gasteiger partial charge in [0.2, 0.25) is 0 Å². The third-order valence-corrected chi connectivity index (χ3v) is 5.58. The number of carbonyl (C=O) groups excluding carboxylic acids is 1. The van der Waals surface area contributed by atoms with Crippen molar-refractivity contribution in [1.29, 1.82) is 0 Å². The molecule has 0 saturated heterocycles. The zero-order chi connectivity index (χ0) is 19.3. The van der Waals surface area contributed by atoms with Crippen LogP contribution in [0, 0.1) is 13.8 Å². The monoisotopic (exact) mass is 375 g/mol. The lowest BCUT2D eigenvalue weighted by Gasteiger charge is -2.13. The van der Waals surface area contributed by atoms with Crippen molar-refractivity contribution in [3.8, 4) is 0 Å². The van der Waals surface area contributed by atoms with Crippen LogP contribution in [0.3, 0.4) is 0 Å². The van der Waals surface area contributed by atoms with Crippen molar-refractivity contribution >= 4 is 21.7 Å². The fraction of sp³-hybridized carbons (Fsp3) is 0.316. The lowest BCUT2D eigenvalue weighted by Crippen LogP contribution is -2.43. The van der Waals surface area contributed by atoms with E-state index in [4.69, 9.17) is 0 Å². The molecule has 140 valence electrons. The number of hydrazine groups is 1. The molecule has 0 fully saturated rings. The van der Waals surface area contributed by atoms with Gasteiger partial charge in [-0.15, -0.1) is 4.83 Å². The van der Waals surface area contributed by atoms with E-state index in [1.54, 1.807) is 12.1 Å². The number of benzene rings is 2. The summed E-state index contributed by atoms with van der Waals surface area (Å²) >= 11 is 0. The fourth-order valence-electron chi connectivity index (χ4n) is 2.41. The highest BCUT2D eigenvalue weighted by atomic mass is 32.2. The first-order valence-corrected chi connectivity index (χ1v) is 9.97. The maximum atomic E-state index is 12.3. The lowest BCUT2D eigenvalue weighted by atomic mass is 9.99. The number of carbonyl (C=O) groups is 1. The van der Waals surface area contributed by atoms with Crippen LogP contribution in [0.4, 0.5) is 10.5 Å². The summed E-state index contributed by atoms with van der Waals surface area (Å²) in [5.41, 5.74) is 5.75. The van der Waals surface area contributed by atoms with Crippen LogP contribution in [0.5, 0.6) is 0 Å². The molecule has 2 rings (SSSR count). The van der Waals surface area contributed by atoms with Gasteiger partial charge in [-0.25, -0.2) is 13.2 Å². The Hall–Kier alpha value is -2.38. The fourth-order valence-corrected chi connectivity index (χ4v) is 3.25. The van der Waals surface area contributed by atoms with E-state index in [0.717, 1.165) is 23.1 Å². The summed E-state index contributed by atoms with van der Waals surface area (Å²) in [7, 11) is -3.84. The average Bonchev–Trinajstić information content (AvgIpc) is 2.62. The molecule has 0 spiro atoms. The van der Waals surface area contributed by atoms with Gasteiger partial charge in [0.05, 0.1) is 4.90 Å². The minimum Gasteiger partial charge on any atom is -0.307 e. The number of anilines is 1. The number of sulfonamides is 1. The van der Waals surface area contributed by atoms with Crippen LogP contribution in [0.2, 0.25) is 0 Å². The van der Waals surface area contributed by atoms with E-state index in [2.05, 4.69) is 29.4 Å². The smallest absolute Gasteiger partial charge is 0.307 e. The van der Waals surface area contributed by atoms with Crippen LogP contribution >= 0.6 is 0 Å². The zero-order valence-electron chi connectivity index (χ0n) is 15.5. The molecule has 6 nitrogen and oxygen atoms in total. The molecule has 2 aromatic rings. The van der Waals surface area contributed by atoms with Gasteiger partial charge >= 0.3 is 6.03 Å². The van der Waals surface area contributed by atoms with Gasteiger partial charge in [0, 0.05) is 5.69 Å². The Morgan fingerprint density at radius 2 is 1.73 bits per heavy atom. The first-order valence-electron chi connectivity index (χ1n) is 8.49. The molecule has 1 atom stereocenters. The van der Waals surface area contributed by atoms with E-state index in [9.17, 15) is 13.2 Å². The summed E-state index contributed by atoms with van der Waals surface area (Å²) in [5, 5.41) is 2.63. The number of urea groups is 1. The number of aryl methyl sites for hydroxylation is 2. The molecule has 26 heavy (non-hydrogen) atoms. The van der Waals surface area contributed by atoms with E-state index < -0.39 is 16.1 Å². The summed E-state index contributed by atoms with van der Waals surface area (Å²) in [6, 6.07) is 11.6. The standard InChI is InChI=1S/C19H25N3O3S/c1-5-14(3)16-8-10-17(11-9-16)26(24,25)22-21-19(23)20-18-12-13(2)6-7-15(18)4/h6-12,14,22H,5H2,1-4H3,(H2,20,21,23)/t14-/m0/s1. The number of hydrogen-bond donors (Lipinski definition) is 3. The molecule has 2 aromatic carbocycles. The van der Waals surface area contributed by atoms with Crippen molar-refractivity contribution in [2.24, 2.45) is 0 Å². The van der Waals surface area contributed by atoms with Gasteiger partial charge in [0.1, 0.15) is 0 Å². The molecule has 0 unspecified atom stereocenters. The van der Waals surface area contributed by atoms with Gasteiger partial charge in [-0.3, -0.25) is 5.43 Å². The van der Waals surface area contributed by atoms with E-state index in [1.165, 1.54) is 12.1 Å². The molecule has 0 saturated carbocycles. The second-order valence-electron chi connectivity index (χ2n) is 6.38. The lowest BCUT2D eigenvalue weighted by molar-refractivity contribution is 0.250. The number of hydrogen-bond acceptors (Lipinski definition) is 3. The predicted octanol–water partition coefficient (Wildman–Crippen LogP) is 3.83. The number of amides is 2. The third kappa shape index (κ3) is 5.06. The van der Waals surface area contributed by atoms with Gasteiger partial charge in [-0.1, -0.05) is 38.1 Å². The molecule has 0 radical (unpaired) electrons. The zero-order valence-corrected chi connectivity index (χ0v) is 16.3. The van der Waals surface area contributed by atoms with Gasteiger partial charge in [-0.2, -0.15) is 0 Å². The number of rotatable bonds is 6. The highest BCUT2D eigenvalue weighted by molar-refractivity contribution is 7.89. The minimum absolute atomic E-state index is 0.0941. The maximum absolute atomic E-state index is 12.3. The highest BCUT2D eigenvalue weighted by Crippen LogP contribution is 2.20. The molecule has 2 amide bonds. The van der Waals surface area contributed by atoms with E-state index in [0.29, 0.717) is 11.6 Å². The SMILES string of the molecule is CC[C@H](C)c1ccc(S(=O)(=O)NNC(=O)Nc2cc(C)ccc2C)cc1. The Kier molecular flexibility index (Phi) is 6.39. The average molecular weight is 375 g/mol. The van der Waals surface area contributed by atoms with Gasteiger partial charge < -0.3 is 5.32 Å². The van der Waals surface area contributed by atoms with Crippen LogP contribution in [-0.4, -0.2) is 14.4 Å². The van der Waals surface area contributed by atoms with Crippen molar-refractivity contribution in [1.82, 2.24) is 10.3 Å². The second-order valence-corrected chi connectivity index (χ2v) is 8.06. The van der Waals surface area contributed by atoms with Gasteiger partial charge in [0.15, 0.2) is 0 Å². The summed E-state index contributed by atoms with van der Waals surface area (Å²) in [4.78, 5) is 14.2. The van der Waals surface area contributed by atoms with E-state index in [-0.39, 0.29) is 4.90 Å². The molecular weight excluding hydrogens is 350 g/mol. The van der Waals surface area contributed by atoms with Crippen molar-refractivity contribution in [2.75, 3.05) is 5.32 Å². The normalized spacial score (nSPS) is 12.5. The van der Waals surface area contributed by atoms with Crippen molar-refractivity contribution in [3.63, 3.8) is 0 Å². The summed E-state index contributed by atoms with van der Waals surface area (Å²) in [6.45, 7) is 7.93. The van der Waals surface area contributed by atoms with Gasteiger partial charge in [-0.05, 0) is 61.1 Å². The Bertz CT molecular complexity index is 877. The molecule has 0 heterocycles. The van der Waals surface area contributed by atoms with Crippen LogP contribution in [0.25, 0.3) is 0 Å². The Morgan fingerprint density at radius 3 is 2.35 bits per heavy atom. The maximum Gasteiger partial charge on any atom is 0.334 e. The summed E-state index contributed by atoms with van der Waals surface area (Å²) in [5.74, 6) is 0.362. The molecule has 3 N–H and O–H groups in total. The summed E-state index contributed by atoms with van der Waals surface area (Å²) < 4.78 is 24.6. The Labute approximate surface area is 155 Å².